The second-order valence-corrected chi connectivity index (χ2v) is 11.3. The van der Waals surface area contributed by atoms with E-state index >= 15 is 0 Å². The number of aryl methyl sites for hydroxylation is 2. The van der Waals surface area contributed by atoms with E-state index in [0.29, 0.717) is 22.5 Å². The quantitative estimate of drug-likeness (QED) is 0.111. The molecular weight excluding hydrogens is 682 g/mol. The zero-order valence-corrected chi connectivity index (χ0v) is 27.5. The third-order valence-electron chi connectivity index (χ3n) is 6.26. The van der Waals surface area contributed by atoms with E-state index in [0.717, 1.165) is 13.8 Å². The normalized spacial score (nSPS) is 12.5. The van der Waals surface area contributed by atoms with Crippen LogP contribution >= 0.6 is 46.4 Å². The van der Waals surface area contributed by atoms with Crippen LogP contribution in [-0.2, 0) is 19.2 Å². The number of anilines is 2. The van der Waals surface area contributed by atoms with Gasteiger partial charge in [0.1, 0.15) is 11.4 Å². The van der Waals surface area contributed by atoms with Crippen LogP contribution in [-0.4, -0.2) is 45.9 Å². The van der Waals surface area contributed by atoms with Gasteiger partial charge >= 0.3 is 0 Å². The second-order valence-electron chi connectivity index (χ2n) is 9.80. The van der Waals surface area contributed by atoms with Crippen LogP contribution in [0.15, 0.2) is 69.0 Å². The fourth-order valence-electron chi connectivity index (χ4n) is 3.79. The van der Waals surface area contributed by atoms with Gasteiger partial charge in [0.15, 0.2) is 11.6 Å². The summed E-state index contributed by atoms with van der Waals surface area (Å²) >= 11 is 23.2. The highest BCUT2D eigenvalue weighted by Crippen LogP contribution is 2.30. The van der Waals surface area contributed by atoms with Crippen molar-refractivity contribution in [3.63, 3.8) is 0 Å². The zero-order valence-electron chi connectivity index (χ0n) is 24.5. The lowest BCUT2D eigenvalue weighted by molar-refractivity contribution is -0.127. The first-order chi connectivity index (χ1) is 21.6. The van der Waals surface area contributed by atoms with E-state index in [1.165, 1.54) is 36.4 Å². The minimum absolute atomic E-state index is 0.0321. The number of halogens is 4. The van der Waals surface area contributed by atoms with Crippen LogP contribution in [0.3, 0.4) is 0 Å². The molecule has 12 nitrogen and oxygen atoms in total. The van der Waals surface area contributed by atoms with Gasteiger partial charge in [0.05, 0.1) is 10.0 Å². The van der Waals surface area contributed by atoms with Gasteiger partial charge in [-0.1, -0.05) is 23.2 Å². The molecule has 0 fully saturated rings. The van der Waals surface area contributed by atoms with Crippen molar-refractivity contribution in [2.24, 2.45) is 20.5 Å². The summed E-state index contributed by atoms with van der Waals surface area (Å²) in [6.45, 7) is 5.59. The third-order valence-corrected chi connectivity index (χ3v) is 7.34. The topological polar surface area (TPSA) is 176 Å². The largest absolute Gasteiger partial charge is 0.324 e. The molecule has 2 unspecified atom stereocenters. The summed E-state index contributed by atoms with van der Waals surface area (Å²) in [5.41, 5.74) is 1.84. The van der Waals surface area contributed by atoms with Gasteiger partial charge in [-0.05, 0) is 111 Å². The van der Waals surface area contributed by atoms with Gasteiger partial charge in [-0.3, -0.25) is 28.8 Å². The summed E-state index contributed by atoms with van der Waals surface area (Å²) in [6.07, 6.45) is 0. The molecule has 0 saturated carbocycles. The van der Waals surface area contributed by atoms with Gasteiger partial charge in [0.25, 0.3) is 22.3 Å². The average molecular weight is 706 g/mol. The van der Waals surface area contributed by atoms with Crippen molar-refractivity contribution in [2.45, 2.75) is 39.8 Å². The standard InChI is InChI=1S/C30H24Cl4N6O6/c1-13-9-22(36-30(46)26(16(4)42)40-38-24-12-18(28(34)44)6-8-20(24)32)14(2)10-21(13)35-29(45)25(15(3)41)39-37-23-11-17(27(33)43)5-7-19(23)31/h5-12,25-26H,1-4H3,(H,35,45)(H,36,46). The molecule has 0 aliphatic rings. The molecule has 3 aromatic rings. The molecular formula is C30H24Cl4N6O6. The number of rotatable bonds is 12. The molecule has 2 amide bonds. The van der Waals surface area contributed by atoms with Crippen molar-refractivity contribution >= 4 is 103 Å². The Balaban J connectivity index is 1.79. The lowest BCUT2D eigenvalue weighted by Gasteiger charge is -2.16. The Hall–Kier alpha value is -4.36. The molecule has 0 aromatic heterocycles. The molecule has 238 valence electrons. The van der Waals surface area contributed by atoms with Crippen molar-refractivity contribution in [3.8, 4) is 0 Å². The Labute approximate surface area is 282 Å². The highest BCUT2D eigenvalue weighted by atomic mass is 35.5. The summed E-state index contributed by atoms with van der Waals surface area (Å²) in [5.74, 6) is -2.84. The molecule has 46 heavy (non-hydrogen) atoms. The summed E-state index contributed by atoms with van der Waals surface area (Å²) in [6, 6.07) is 8.05. The van der Waals surface area contributed by atoms with Crippen LogP contribution in [0.2, 0.25) is 10.0 Å². The monoisotopic (exact) mass is 704 g/mol. The van der Waals surface area contributed by atoms with Gasteiger partial charge in [-0.15, -0.1) is 0 Å². The molecule has 3 aromatic carbocycles. The SMILES string of the molecule is CC(=O)C(N=Nc1cc(C(=O)Cl)ccc1Cl)C(=O)Nc1cc(C)c(NC(=O)C(N=Nc2cc(C(=O)Cl)ccc2Cl)C(C)=O)cc1C. The molecule has 0 heterocycles. The number of nitrogens with zero attached hydrogens (tertiary/aromatic N) is 4. The maximum Gasteiger partial charge on any atom is 0.258 e. The Kier molecular flexibility index (Phi) is 12.4. The number of benzene rings is 3. The number of azo groups is 2. The number of ketones is 2. The molecule has 0 aliphatic carbocycles. The Morgan fingerprint density at radius 3 is 1.26 bits per heavy atom. The van der Waals surface area contributed by atoms with E-state index < -0.39 is 45.9 Å². The summed E-state index contributed by atoms with van der Waals surface area (Å²) in [5, 5.41) is 19.4. The maximum atomic E-state index is 13.0. The maximum absolute atomic E-state index is 13.0. The second kappa shape index (κ2) is 15.8. The van der Waals surface area contributed by atoms with Gasteiger partial charge in [0, 0.05) is 22.5 Å². The van der Waals surface area contributed by atoms with Crippen molar-refractivity contribution in [1.29, 1.82) is 0 Å². The van der Waals surface area contributed by atoms with Crippen molar-refractivity contribution in [2.75, 3.05) is 10.6 Å². The van der Waals surface area contributed by atoms with Crippen molar-refractivity contribution in [3.05, 3.63) is 80.8 Å². The number of Topliss-reactive ketones (excluding diaryl/α,β-unsaturated/α-hetero) is 2. The number of hydrogen-bond donors (Lipinski definition) is 2. The molecule has 0 aliphatic heterocycles. The first-order valence-corrected chi connectivity index (χ1v) is 14.6. The van der Waals surface area contributed by atoms with Crippen LogP contribution in [0.1, 0.15) is 45.7 Å². The summed E-state index contributed by atoms with van der Waals surface area (Å²) in [7, 11) is 0. The van der Waals surface area contributed by atoms with Gasteiger partial charge in [0.2, 0.25) is 12.1 Å². The molecule has 3 rings (SSSR count). The van der Waals surface area contributed by atoms with Crippen molar-refractivity contribution in [1.82, 2.24) is 0 Å². The predicted octanol–water partition coefficient (Wildman–Crippen LogP) is 7.73. The summed E-state index contributed by atoms with van der Waals surface area (Å²) < 4.78 is 0. The summed E-state index contributed by atoms with van der Waals surface area (Å²) in [4.78, 5) is 73.5. The predicted molar refractivity (Wildman–Crippen MR) is 174 cm³/mol. The zero-order chi connectivity index (χ0) is 34.3. The van der Waals surface area contributed by atoms with E-state index in [1.807, 2.05) is 0 Å². The van der Waals surface area contributed by atoms with Crippen molar-refractivity contribution < 1.29 is 28.8 Å². The van der Waals surface area contributed by atoms with Crippen LogP contribution in [0.5, 0.6) is 0 Å². The number of hydrogen-bond acceptors (Lipinski definition) is 10. The highest BCUT2D eigenvalue weighted by Gasteiger charge is 2.26. The first-order valence-electron chi connectivity index (χ1n) is 13.1. The average Bonchev–Trinajstić information content (AvgIpc) is 2.97. The molecule has 2 N–H and O–H groups in total. The fourth-order valence-corrected chi connectivity index (χ4v) is 4.33. The van der Waals surface area contributed by atoms with Gasteiger partial charge < -0.3 is 10.6 Å². The molecule has 0 bridgehead atoms. The van der Waals surface area contributed by atoms with Crippen LogP contribution < -0.4 is 10.6 Å². The molecule has 0 radical (unpaired) electrons. The molecule has 0 spiro atoms. The Morgan fingerprint density at radius 1 is 0.609 bits per heavy atom. The molecule has 2 atom stereocenters. The van der Waals surface area contributed by atoms with Crippen LogP contribution in [0, 0.1) is 13.8 Å². The fraction of sp³-hybridized carbons (Fsp3) is 0.200. The first kappa shape index (κ1) is 36.1. The van der Waals surface area contributed by atoms with Gasteiger partial charge in [-0.2, -0.15) is 20.5 Å². The number of carbonyl (C=O) groups is 6. The van der Waals surface area contributed by atoms with Crippen LogP contribution in [0.4, 0.5) is 22.7 Å². The smallest absolute Gasteiger partial charge is 0.258 e. The Bertz CT molecular complexity index is 1700. The number of nitrogens with one attached hydrogen (secondary N) is 2. The molecule has 16 heteroatoms. The minimum Gasteiger partial charge on any atom is -0.324 e. The van der Waals surface area contributed by atoms with E-state index in [9.17, 15) is 28.8 Å². The minimum atomic E-state index is -1.55. The third kappa shape index (κ3) is 9.33. The Morgan fingerprint density at radius 2 is 0.957 bits per heavy atom. The lowest BCUT2D eigenvalue weighted by atomic mass is 10.1. The van der Waals surface area contributed by atoms with E-state index in [2.05, 4.69) is 31.1 Å². The number of carbonyl (C=O) groups excluding carboxylic acids is 6. The van der Waals surface area contributed by atoms with E-state index in [4.69, 9.17) is 46.4 Å². The van der Waals surface area contributed by atoms with Crippen LogP contribution in [0.25, 0.3) is 0 Å². The molecule has 0 saturated heterocycles. The lowest BCUT2D eigenvalue weighted by Crippen LogP contribution is -2.32. The number of amides is 2. The van der Waals surface area contributed by atoms with E-state index in [-0.39, 0.29) is 32.5 Å². The van der Waals surface area contributed by atoms with Gasteiger partial charge in [-0.25, -0.2) is 0 Å². The highest BCUT2D eigenvalue weighted by molar-refractivity contribution is 6.68. The van der Waals surface area contributed by atoms with E-state index in [1.54, 1.807) is 26.0 Å².